The zero-order valence-corrected chi connectivity index (χ0v) is 21.1. The molecule has 3 aromatic carbocycles. The summed E-state index contributed by atoms with van der Waals surface area (Å²) in [4.78, 5) is 25.9. The average molecular weight is 507 g/mol. The summed E-state index contributed by atoms with van der Waals surface area (Å²) in [6.07, 6.45) is 1.71. The van der Waals surface area contributed by atoms with E-state index in [0.29, 0.717) is 34.2 Å². The molecule has 0 aliphatic rings. The van der Waals surface area contributed by atoms with Crippen LogP contribution in [0.2, 0.25) is 0 Å². The lowest BCUT2D eigenvalue weighted by atomic mass is 10.1. The number of hydrogen-bond donors (Lipinski definition) is 3. The summed E-state index contributed by atoms with van der Waals surface area (Å²) in [5.41, 5.74) is 4.42. The van der Waals surface area contributed by atoms with E-state index in [9.17, 15) is 9.59 Å². The van der Waals surface area contributed by atoms with E-state index in [4.69, 9.17) is 18.9 Å². The second-order valence-corrected chi connectivity index (χ2v) is 7.75. The van der Waals surface area contributed by atoms with Gasteiger partial charge in [0.05, 0.1) is 40.3 Å². The third kappa shape index (κ3) is 7.63. The van der Waals surface area contributed by atoms with Gasteiger partial charge < -0.3 is 29.6 Å². The molecule has 1 atom stereocenters. The smallest absolute Gasteiger partial charge is 0.320 e. The largest absolute Gasteiger partial charge is 0.497 e. The maximum Gasteiger partial charge on any atom is 0.320 e. The molecule has 0 unspecified atom stereocenters. The lowest BCUT2D eigenvalue weighted by Crippen LogP contribution is -2.48. The lowest BCUT2D eigenvalue weighted by molar-refractivity contribution is -0.122. The summed E-state index contributed by atoms with van der Waals surface area (Å²) < 4.78 is 21.1. The molecule has 3 rings (SSSR count). The SMILES string of the molecule is COc1ccc(/C=N/NC(=O)[C@@H](Cc2ccccc2)NC(=O)Nc2ccc(OC)cc2OC)c(OC)c1. The normalized spacial score (nSPS) is 11.4. The third-order valence-corrected chi connectivity index (χ3v) is 5.38. The third-order valence-electron chi connectivity index (χ3n) is 5.38. The molecule has 37 heavy (non-hydrogen) atoms. The molecule has 3 N–H and O–H groups in total. The monoisotopic (exact) mass is 506 g/mol. The Labute approximate surface area is 215 Å². The van der Waals surface area contributed by atoms with Gasteiger partial charge in [0.1, 0.15) is 29.0 Å². The Hall–Kier alpha value is -4.73. The molecule has 10 nitrogen and oxygen atoms in total. The van der Waals surface area contributed by atoms with E-state index in [-0.39, 0.29) is 6.42 Å². The lowest BCUT2D eigenvalue weighted by Gasteiger charge is -2.18. The molecule has 194 valence electrons. The van der Waals surface area contributed by atoms with E-state index in [0.717, 1.165) is 5.56 Å². The van der Waals surface area contributed by atoms with Crippen LogP contribution in [0.3, 0.4) is 0 Å². The van der Waals surface area contributed by atoms with Crippen LogP contribution in [0.4, 0.5) is 10.5 Å². The fourth-order valence-corrected chi connectivity index (χ4v) is 3.45. The average Bonchev–Trinajstić information content (AvgIpc) is 2.93. The van der Waals surface area contributed by atoms with Crippen molar-refractivity contribution in [2.75, 3.05) is 33.8 Å². The number of methoxy groups -OCH3 is 4. The Morgan fingerprint density at radius 3 is 2.14 bits per heavy atom. The van der Waals surface area contributed by atoms with Gasteiger partial charge in [0, 0.05) is 24.1 Å². The van der Waals surface area contributed by atoms with E-state index in [1.165, 1.54) is 27.5 Å². The number of nitrogens with one attached hydrogen (secondary N) is 3. The molecule has 0 bridgehead atoms. The van der Waals surface area contributed by atoms with Gasteiger partial charge in [-0.3, -0.25) is 4.79 Å². The van der Waals surface area contributed by atoms with Gasteiger partial charge in [-0.05, 0) is 29.8 Å². The van der Waals surface area contributed by atoms with Gasteiger partial charge in [0.25, 0.3) is 5.91 Å². The molecule has 0 spiro atoms. The predicted molar refractivity (Wildman–Crippen MR) is 141 cm³/mol. The highest BCUT2D eigenvalue weighted by Gasteiger charge is 2.22. The van der Waals surface area contributed by atoms with Crippen molar-refractivity contribution in [3.05, 3.63) is 77.9 Å². The summed E-state index contributed by atoms with van der Waals surface area (Å²) in [6, 6.07) is 18.0. The van der Waals surface area contributed by atoms with Crippen LogP contribution in [0, 0.1) is 0 Å². The molecule has 0 saturated heterocycles. The number of carbonyl (C=O) groups excluding carboxylic acids is 2. The maximum atomic E-state index is 13.0. The molecule has 0 aliphatic heterocycles. The molecule has 0 aromatic heterocycles. The number of benzene rings is 3. The van der Waals surface area contributed by atoms with E-state index < -0.39 is 18.0 Å². The van der Waals surface area contributed by atoms with Crippen LogP contribution in [0.1, 0.15) is 11.1 Å². The van der Waals surface area contributed by atoms with Gasteiger partial charge >= 0.3 is 6.03 Å². The number of hydrogen-bond acceptors (Lipinski definition) is 7. The van der Waals surface area contributed by atoms with E-state index in [2.05, 4.69) is 21.2 Å². The number of amides is 3. The Morgan fingerprint density at radius 1 is 0.838 bits per heavy atom. The molecular formula is C27H30N4O6. The van der Waals surface area contributed by atoms with Crippen LogP contribution in [0.15, 0.2) is 71.8 Å². The Morgan fingerprint density at radius 2 is 1.49 bits per heavy atom. The summed E-state index contributed by atoms with van der Waals surface area (Å²) in [6.45, 7) is 0. The minimum Gasteiger partial charge on any atom is -0.497 e. The van der Waals surface area contributed by atoms with Crippen molar-refractivity contribution in [3.63, 3.8) is 0 Å². The van der Waals surface area contributed by atoms with Crippen LogP contribution in [-0.4, -0.2) is 52.6 Å². The fraction of sp³-hybridized carbons (Fsp3) is 0.222. The van der Waals surface area contributed by atoms with Crippen LogP contribution in [-0.2, 0) is 11.2 Å². The van der Waals surface area contributed by atoms with E-state index in [1.54, 1.807) is 43.5 Å². The first kappa shape index (κ1) is 26.9. The first-order chi connectivity index (χ1) is 18.0. The number of carbonyl (C=O) groups is 2. The van der Waals surface area contributed by atoms with Crippen molar-refractivity contribution in [3.8, 4) is 23.0 Å². The van der Waals surface area contributed by atoms with E-state index >= 15 is 0 Å². The van der Waals surface area contributed by atoms with Gasteiger partial charge in [-0.1, -0.05) is 30.3 Å². The number of hydrazone groups is 1. The molecule has 0 heterocycles. The van der Waals surface area contributed by atoms with Crippen LogP contribution < -0.4 is 35.0 Å². The molecule has 3 aromatic rings. The fourth-order valence-electron chi connectivity index (χ4n) is 3.45. The van der Waals surface area contributed by atoms with Crippen LogP contribution in [0.5, 0.6) is 23.0 Å². The van der Waals surface area contributed by atoms with Crippen molar-refractivity contribution < 1.29 is 28.5 Å². The van der Waals surface area contributed by atoms with Crippen LogP contribution in [0.25, 0.3) is 0 Å². The second kappa shape index (κ2) is 13.4. The Balaban J connectivity index is 1.73. The topological polar surface area (TPSA) is 120 Å². The molecule has 0 aliphatic carbocycles. The van der Waals surface area contributed by atoms with Crippen molar-refractivity contribution >= 4 is 23.8 Å². The minimum atomic E-state index is -0.915. The van der Waals surface area contributed by atoms with Crippen LogP contribution >= 0.6 is 0 Å². The quantitative estimate of drug-likeness (QED) is 0.270. The molecule has 0 fully saturated rings. The van der Waals surface area contributed by atoms with Gasteiger partial charge in [0.15, 0.2) is 0 Å². The number of ether oxygens (including phenoxy) is 4. The first-order valence-electron chi connectivity index (χ1n) is 11.4. The number of urea groups is 1. The minimum absolute atomic E-state index is 0.251. The van der Waals surface area contributed by atoms with Crippen molar-refractivity contribution in [2.45, 2.75) is 12.5 Å². The molecule has 10 heteroatoms. The summed E-state index contributed by atoms with van der Waals surface area (Å²) in [5.74, 6) is 1.66. The maximum absolute atomic E-state index is 13.0. The highest BCUT2D eigenvalue weighted by atomic mass is 16.5. The zero-order valence-electron chi connectivity index (χ0n) is 21.1. The standard InChI is InChI=1S/C27H30N4O6/c1-34-20-11-10-19(24(15-20)36-3)17-28-31-26(32)23(14-18-8-6-5-7-9-18)30-27(33)29-22-13-12-21(35-2)16-25(22)37-4/h5-13,15-17,23H,14H2,1-4H3,(H,31,32)(H2,29,30,33)/b28-17+/t23-/m1/s1. The van der Waals surface area contributed by atoms with Gasteiger partial charge in [-0.2, -0.15) is 5.10 Å². The first-order valence-corrected chi connectivity index (χ1v) is 11.4. The highest BCUT2D eigenvalue weighted by Crippen LogP contribution is 2.29. The second-order valence-electron chi connectivity index (χ2n) is 7.75. The van der Waals surface area contributed by atoms with Gasteiger partial charge in [0.2, 0.25) is 0 Å². The Bertz CT molecular complexity index is 1230. The molecule has 0 saturated carbocycles. The Kier molecular flexibility index (Phi) is 9.72. The van der Waals surface area contributed by atoms with E-state index in [1.807, 2.05) is 30.3 Å². The highest BCUT2D eigenvalue weighted by molar-refractivity contribution is 5.95. The molecule has 0 radical (unpaired) electrons. The van der Waals surface area contributed by atoms with Crippen molar-refractivity contribution in [2.24, 2.45) is 5.10 Å². The number of nitrogens with zero attached hydrogens (tertiary/aromatic N) is 1. The summed E-state index contributed by atoms with van der Waals surface area (Å²) >= 11 is 0. The number of anilines is 1. The summed E-state index contributed by atoms with van der Waals surface area (Å²) in [5, 5.41) is 9.49. The van der Waals surface area contributed by atoms with Gasteiger partial charge in [-0.25, -0.2) is 10.2 Å². The molecule has 3 amide bonds. The summed E-state index contributed by atoms with van der Waals surface area (Å²) in [7, 11) is 6.11. The molecular weight excluding hydrogens is 476 g/mol. The van der Waals surface area contributed by atoms with Crippen molar-refractivity contribution in [1.29, 1.82) is 0 Å². The van der Waals surface area contributed by atoms with Crippen molar-refractivity contribution in [1.82, 2.24) is 10.7 Å². The predicted octanol–water partition coefficient (Wildman–Crippen LogP) is 3.60. The van der Waals surface area contributed by atoms with Gasteiger partial charge in [-0.15, -0.1) is 0 Å². The number of rotatable bonds is 11. The zero-order chi connectivity index (χ0) is 26.6.